The highest BCUT2D eigenvalue weighted by molar-refractivity contribution is 6.36. The lowest BCUT2D eigenvalue weighted by Gasteiger charge is -2.22. The SMILES string of the molecule is O=C1NC(=O)c2c1c(-c1ccccc1Cl)cc1c2c2cc(O)c(OCCCN3CCCC3CO)cc2n1CCO. The Labute approximate surface area is 235 Å². The van der Waals surface area contributed by atoms with Gasteiger partial charge in [-0.15, -0.1) is 0 Å². The number of nitrogens with one attached hydrogen (secondary N) is 1. The van der Waals surface area contributed by atoms with Crippen LogP contribution >= 0.6 is 11.6 Å². The first-order chi connectivity index (χ1) is 19.4. The Morgan fingerprint density at radius 2 is 1.80 bits per heavy atom. The minimum Gasteiger partial charge on any atom is -0.504 e. The lowest BCUT2D eigenvalue weighted by atomic mass is 9.93. The standard InChI is InChI=1S/C30H30ClN3O6/c31-21-7-2-1-6-18(21)19-13-23-26(28-27(19)29(38)32-30(28)39)20-14-24(37)25(15-22(20)34(23)10-11-35)40-12-4-9-33-8-3-5-17(33)16-36/h1-2,6-7,13-15,17,35-37H,3-5,8-12,16H2,(H,32,38,39). The number of aromatic nitrogens is 1. The summed E-state index contributed by atoms with van der Waals surface area (Å²) < 4.78 is 7.84. The topological polar surface area (TPSA) is 124 Å². The Hall–Kier alpha value is -3.63. The van der Waals surface area contributed by atoms with Crippen molar-refractivity contribution in [1.29, 1.82) is 0 Å². The number of phenolic OH excluding ortho intramolecular Hbond substituents is 1. The summed E-state index contributed by atoms with van der Waals surface area (Å²) >= 11 is 6.51. The van der Waals surface area contributed by atoms with Crippen LogP contribution in [0.4, 0.5) is 0 Å². The number of phenols is 1. The lowest BCUT2D eigenvalue weighted by Crippen LogP contribution is -2.33. The van der Waals surface area contributed by atoms with Gasteiger partial charge in [0.2, 0.25) is 0 Å². The maximum Gasteiger partial charge on any atom is 0.259 e. The number of likely N-dealkylation sites (tertiary alicyclic amines) is 1. The number of amides is 2. The van der Waals surface area contributed by atoms with Crippen molar-refractivity contribution in [2.45, 2.75) is 31.8 Å². The van der Waals surface area contributed by atoms with E-state index < -0.39 is 11.8 Å². The van der Waals surface area contributed by atoms with Gasteiger partial charge >= 0.3 is 0 Å². The number of imide groups is 1. The second-order valence-corrected chi connectivity index (χ2v) is 10.7. The van der Waals surface area contributed by atoms with Crippen LogP contribution in [0, 0.1) is 0 Å². The van der Waals surface area contributed by atoms with Crippen LogP contribution in [0.1, 0.15) is 40.0 Å². The van der Waals surface area contributed by atoms with Gasteiger partial charge in [-0.25, -0.2) is 0 Å². The molecule has 9 nitrogen and oxygen atoms in total. The van der Waals surface area contributed by atoms with Crippen LogP contribution in [0.15, 0.2) is 42.5 Å². The molecule has 1 atom stereocenters. The maximum absolute atomic E-state index is 13.1. The minimum atomic E-state index is -0.523. The van der Waals surface area contributed by atoms with E-state index >= 15 is 0 Å². The van der Waals surface area contributed by atoms with Crippen molar-refractivity contribution in [2.75, 3.05) is 32.9 Å². The number of aromatic hydroxyl groups is 1. The molecule has 6 rings (SSSR count). The molecule has 1 unspecified atom stereocenters. The van der Waals surface area contributed by atoms with Gasteiger partial charge in [0.1, 0.15) is 0 Å². The molecule has 3 heterocycles. The van der Waals surface area contributed by atoms with Crippen LogP contribution in [0.2, 0.25) is 5.02 Å². The van der Waals surface area contributed by atoms with Gasteiger partial charge < -0.3 is 24.6 Å². The highest BCUT2D eigenvalue weighted by Crippen LogP contribution is 2.44. The van der Waals surface area contributed by atoms with Crippen molar-refractivity contribution in [1.82, 2.24) is 14.8 Å². The molecule has 2 aliphatic rings. The highest BCUT2D eigenvalue weighted by atomic mass is 35.5. The third-order valence-corrected chi connectivity index (χ3v) is 8.29. The summed E-state index contributed by atoms with van der Waals surface area (Å²) in [5.74, 6) is -0.827. The van der Waals surface area contributed by atoms with Gasteiger partial charge in [-0.2, -0.15) is 0 Å². The van der Waals surface area contributed by atoms with Crippen LogP contribution in [0.25, 0.3) is 32.9 Å². The Morgan fingerprint density at radius 3 is 2.58 bits per heavy atom. The van der Waals surface area contributed by atoms with Crippen molar-refractivity contribution >= 4 is 45.2 Å². The number of hydrogen-bond donors (Lipinski definition) is 4. The average molecular weight is 564 g/mol. The molecule has 4 aromatic rings. The van der Waals surface area contributed by atoms with Gasteiger partial charge in [0.25, 0.3) is 11.8 Å². The van der Waals surface area contributed by atoms with Gasteiger partial charge in [0.15, 0.2) is 11.5 Å². The largest absolute Gasteiger partial charge is 0.504 e. The van der Waals surface area contributed by atoms with Gasteiger partial charge in [-0.05, 0) is 49.6 Å². The predicted molar refractivity (Wildman–Crippen MR) is 152 cm³/mol. The number of ether oxygens (including phenoxy) is 1. The minimum absolute atomic E-state index is 0.0846. The van der Waals surface area contributed by atoms with Crippen molar-refractivity contribution in [3.05, 3.63) is 58.6 Å². The van der Waals surface area contributed by atoms with E-state index in [1.54, 1.807) is 30.3 Å². The molecule has 1 fully saturated rings. The van der Waals surface area contributed by atoms with E-state index in [9.17, 15) is 24.9 Å². The molecule has 4 N–H and O–H groups in total. The summed E-state index contributed by atoms with van der Waals surface area (Å²) in [5, 5.41) is 34.3. The fourth-order valence-corrected chi connectivity index (χ4v) is 6.39. The molecular weight excluding hydrogens is 534 g/mol. The third-order valence-electron chi connectivity index (χ3n) is 7.96. The number of halogens is 1. The van der Waals surface area contributed by atoms with E-state index in [2.05, 4.69) is 10.2 Å². The molecule has 0 radical (unpaired) electrons. The quantitative estimate of drug-likeness (QED) is 0.180. The maximum atomic E-state index is 13.1. The van der Waals surface area contributed by atoms with Crippen LogP contribution in [0.5, 0.6) is 11.5 Å². The van der Waals surface area contributed by atoms with Gasteiger partial charge in [0, 0.05) is 46.6 Å². The summed E-state index contributed by atoms with van der Waals surface area (Å²) in [6.07, 6.45) is 2.80. The zero-order valence-corrected chi connectivity index (χ0v) is 22.6. The first-order valence-corrected chi connectivity index (χ1v) is 13.9. The Balaban J connectivity index is 1.45. The zero-order valence-electron chi connectivity index (χ0n) is 21.8. The summed E-state index contributed by atoms with van der Waals surface area (Å²) in [6.45, 7) is 2.33. The number of fused-ring (bicyclic) bond motifs is 5. The smallest absolute Gasteiger partial charge is 0.259 e. The molecule has 2 aliphatic heterocycles. The Kier molecular flexibility index (Phi) is 7.14. The lowest BCUT2D eigenvalue weighted by molar-refractivity contribution is 0.0880. The molecular formula is C30H30ClN3O6. The average Bonchev–Trinajstić information content (AvgIpc) is 3.61. The van der Waals surface area contributed by atoms with E-state index in [0.29, 0.717) is 44.6 Å². The fraction of sp³-hybridized carbons (Fsp3) is 0.333. The first-order valence-electron chi connectivity index (χ1n) is 13.5. The van der Waals surface area contributed by atoms with E-state index in [1.807, 2.05) is 16.7 Å². The van der Waals surface area contributed by atoms with Crippen LogP contribution in [0.3, 0.4) is 0 Å². The Morgan fingerprint density at radius 1 is 1.00 bits per heavy atom. The first kappa shape index (κ1) is 26.6. The van der Waals surface area contributed by atoms with Crippen LogP contribution < -0.4 is 10.1 Å². The second kappa shape index (κ2) is 10.7. The number of benzene rings is 3. The zero-order chi connectivity index (χ0) is 28.0. The van der Waals surface area contributed by atoms with Gasteiger partial charge in [-0.1, -0.05) is 29.8 Å². The Bertz CT molecular complexity index is 1650. The van der Waals surface area contributed by atoms with Crippen molar-refractivity contribution in [3.63, 3.8) is 0 Å². The van der Waals surface area contributed by atoms with Crippen LogP contribution in [-0.2, 0) is 6.54 Å². The molecule has 0 spiro atoms. The molecule has 1 saturated heterocycles. The second-order valence-electron chi connectivity index (χ2n) is 10.3. The number of hydrogen-bond acceptors (Lipinski definition) is 7. The molecule has 208 valence electrons. The summed E-state index contributed by atoms with van der Waals surface area (Å²) in [7, 11) is 0. The molecule has 3 aromatic carbocycles. The molecule has 2 amide bonds. The normalized spacial score (nSPS) is 17.2. The number of aliphatic hydroxyl groups is 2. The number of nitrogens with zero attached hydrogens (tertiary/aromatic N) is 2. The van der Waals surface area contributed by atoms with E-state index in [-0.39, 0.29) is 48.4 Å². The van der Waals surface area contributed by atoms with Gasteiger partial charge in [-0.3, -0.25) is 19.8 Å². The number of aliphatic hydroxyl groups excluding tert-OH is 2. The number of carbonyl (C=O) groups excluding carboxylic acids is 2. The summed E-state index contributed by atoms with van der Waals surface area (Å²) in [5.41, 5.74) is 2.86. The summed E-state index contributed by atoms with van der Waals surface area (Å²) in [4.78, 5) is 28.4. The molecule has 1 aromatic heterocycles. The van der Waals surface area contributed by atoms with Gasteiger partial charge in [0.05, 0.1) is 42.0 Å². The fourth-order valence-electron chi connectivity index (χ4n) is 6.15. The monoisotopic (exact) mass is 563 g/mol. The number of rotatable bonds is 9. The summed E-state index contributed by atoms with van der Waals surface area (Å²) in [6, 6.07) is 12.4. The van der Waals surface area contributed by atoms with Crippen molar-refractivity contribution < 1.29 is 29.6 Å². The van der Waals surface area contributed by atoms with E-state index in [1.165, 1.54) is 0 Å². The predicted octanol–water partition coefficient (Wildman–Crippen LogP) is 3.92. The van der Waals surface area contributed by atoms with Crippen molar-refractivity contribution in [3.8, 4) is 22.6 Å². The third kappa shape index (κ3) is 4.39. The van der Waals surface area contributed by atoms with E-state index in [4.69, 9.17) is 16.3 Å². The molecule has 0 bridgehead atoms. The number of carbonyl (C=O) groups is 2. The molecule has 0 aliphatic carbocycles. The van der Waals surface area contributed by atoms with Crippen molar-refractivity contribution in [2.24, 2.45) is 0 Å². The molecule has 10 heteroatoms. The van der Waals surface area contributed by atoms with Crippen LogP contribution in [-0.4, -0.2) is 75.6 Å². The highest BCUT2D eigenvalue weighted by Gasteiger charge is 2.35. The molecule has 40 heavy (non-hydrogen) atoms. The van der Waals surface area contributed by atoms with E-state index in [0.717, 1.165) is 32.4 Å². The molecule has 0 saturated carbocycles.